The Kier molecular flexibility index (Phi) is 7.60. The SMILES string of the molecule is CCC(C)(C)C(=O)C(=O)N1CCC[C@H]1C(=S)OCC(c1ccccc1)c1ccccc1. The van der Waals surface area contributed by atoms with E-state index < -0.39 is 11.3 Å². The number of thiocarbonyl (C=S) groups is 1. The van der Waals surface area contributed by atoms with E-state index >= 15 is 0 Å². The number of likely N-dealkylation sites (tertiary alicyclic amines) is 1. The molecule has 2 aromatic rings. The Morgan fingerprint density at radius 1 is 1.06 bits per heavy atom. The highest BCUT2D eigenvalue weighted by Gasteiger charge is 2.40. The van der Waals surface area contributed by atoms with Gasteiger partial charge in [0.1, 0.15) is 6.04 Å². The van der Waals surface area contributed by atoms with E-state index in [9.17, 15) is 9.59 Å². The summed E-state index contributed by atoms with van der Waals surface area (Å²) in [5.41, 5.74) is 1.63. The van der Waals surface area contributed by atoms with Gasteiger partial charge in [0.05, 0.1) is 6.61 Å². The number of Topliss-reactive ketones (excluding diaryl/α,β-unsaturated/α-hetero) is 1. The molecule has 1 saturated heterocycles. The van der Waals surface area contributed by atoms with E-state index in [1.54, 1.807) is 4.90 Å². The van der Waals surface area contributed by atoms with E-state index in [0.717, 1.165) is 24.0 Å². The molecule has 5 heteroatoms. The number of carbonyl (C=O) groups excluding carboxylic acids is 2. The maximum atomic E-state index is 12.9. The Morgan fingerprint density at radius 3 is 2.13 bits per heavy atom. The molecule has 3 rings (SSSR count). The van der Waals surface area contributed by atoms with Crippen LogP contribution in [0.1, 0.15) is 57.1 Å². The van der Waals surface area contributed by atoms with Crippen molar-refractivity contribution in [3.63, 3.8) is 0 Å². The predicted molar refractivity (Wildman–Crippen MR) is 127 cm³/mol. The van der Waals surface area contributed by atoms with Crippen molar-refractivity contribution in [2.45, 2.75) is 52.0 Å². The minimum atomic E-state index is -0.668. The standard InChI is InChI=1S/C26H31NO3S/c1-4-26(2,3)23(28)24(29)27-17-11-16-22(27)25(31)30-18-21(19-12-7-5-8-13-19)20-14-9-6-10-15-20/h5-10,12-15,21-22H,4,11,16-18H2,1-3H3/t22-/m0/s1. The van der Waals surface area contributed by atoms with Gasteiger partial charge >= 0.3 is 0 Å². The zero-order chi connectivity index (χ0) is 22.4. The van der Waals surface area contributed by atoms with Gasteiger partial charge in [0.25, 0.3) is 5.91 Å². The van der Waals surface area contributed by atoms with Crippen LogP contribution in [0.4, 0.5) is 0 Å². The Hall–Kier alpha value is -2.53. The van der Waals surface area contributed by atoms with Crippen molar-refractivity contribution in [1.82, 2.24) is 4.90 Å². The quantitative estimate of drug-likeness (QED) is 0.423. The molecule has 1 amide bonds. The molecule has 2 aromatic carbocycles. The first-order chi connectivity index (χ1) is 14.8. The number of hydrogen-bond donors (Lipinski definition) is 0. The fourth-order valence-electron chi connectivity index (χ4n) is 3.85. The van der Waals surface area contributed by atoms with Gasteiger partial charge in [0.2, 0.25) is 5.78 Å². The van der Waals surface area contributed by atoms with Crippen LogP contribution >= 0.6 is 12.2 Å². The molecule has 4 nitrogen and oxygen atoms in total. The van der Waals surface area contributed by atoms with E-state index in [-0.39, 0.29) is 17.7 Å². The lowest BCUT2D eigenvalue weighted by molar-refractivity contribution is -0.149. The number of benzene rings is 2. The molecule has 1 aliphatic heterocycles. The number of ether oxygens (including phenoxy) is 1. The molecule has 0 N–H and O–H groups in total. The Labute approximate surface area is 190 Å². The van der Waals surface area contributed by atoms with Gasteiger partial charge in [0.15, 0.2) is 5.05 Å². The molecule has 0 unspecified atom stereocenters. The zero-order valence-corrected chi connectivity index (χ0v) is 19.4. The average molecular weight is 438 g/mol. The van der Waals surface area contributed by atoms with Crippen LogP contribution < -0.4 is 0 Å². The molecular formula is C26H31NO3S. The highest BCUT2D eigenvalue weighted by molar-refractivity contribution is 7.80. The second-order valence-electron chi connectivity index (χ2n) is 8.73. The van der Waals surface area contributed by atoms with E-state index in [1.807, 2.05) is 57.2 Å². The molecule has 0 spiro atoms. The second-order valence-corrected chi connectivity index (χ2v) is 9.13. The molecule has 1 aliphatic rings. The normalized spacial score (nSPS) is 16.4. The molecule has 0 saturated carbocycles. The summed E-state index contributed by atoms with van der Waals surface area (Å²) < 4.78 is 6.10. The van der Waals surface area contributed by atoms with Gasteiger partial charge in [-0.05, 0) is 42.6 Å². The maximum Gasteiger partial charge on any atom is 0.291 e. The van der Waals surface area contributed by atoms with Gasteiger partial charge in [-0.25, -0.2) is 0 Å². The summed E-state index contributed by atoms with van der Waals surface area (Å²) >= 11 is 5.61. The van der Waals surface area contributed by atoms with Gasteiger partial charge in [-0.15, -0.1) is 0 Å². The average Bonchev–Trinajstić information content (AvgIpc) is 3.29. The molecule has 0 bridgehead atoms. The van der Waals surface area contributed by atoms with Crippen LogP contribution in [0.3, 0.4) is 0 Å². The summed E-state index contributed by atoms with van der Waals surface area (Å²) in [6.45, 7) is 6.49. The monoisotopic (exact) mass is 437 g/mol. The number of hydrogen-bond acceptors (Lipinski definition) is 4. The van der Waals surface area contributed by atoms with Crippen LogP contribution in [0.5, 0.6) is 0 Å². The number of nitrogens with zero attached hydrogens (tertiary/aromatic N) is 1. The minimum Gasteiger partial charge on any atom is -0.484 e. The highest BCUT2D eigenvalue weighted by Crippen LogP contribution is 2.28. The molecule has 1 heterocycles. The van der Waals surface area contributed by atoms with Gasteiger partial charge in [-0.3, -0.25) is 9.59 Å². The van der Waals surface area contributed by atoms with Crippen molar-refractivity contribution >= 4 is 29.0 Å². The van der Waals surface area contributed by atoms with Crippen molar-refractivity contribution in [2.24, 2.45) is 5.41 Å². The minimum absolute atomic E-state index is 0.0339. The first-order valence-electron chi connectivity index (χ1n) is 11.0. The summed E-state index contributed by atoms with van der Waals surface area (Å²) in [6.07, 6.45) is 2.17. The first kappa shape index (κ1) is 23.1. The maximum absolute atomic E-state index is 12.9. The van der Waals surface area contributed by atoms with E-state index in [2.05, 4.69) is 24.3 Å². The summed E-state index contributed by atoms with van der Waals surface area (Å²) in [6, 6.07) is 20.1. The largest absolute Gasteiger partial charge is 0.484 e. The summed E-state index contributed by atoms with van der Waals surface area (Å²) in [5, 5.41) is 0.393. The molecular weight excluding hydrogens is 406 g/mol. The lowest BCUT2D eigenvalue weighted by Gasteiger charge is -2.29. The summed E-state index contributed by atoms with van der Waals surface area (Å²) in [4.78, 5) is 27.2. The zero-order valence-electron chi connectivity index (χ0n) is 18.5. The van der Waals surface area contributed by atoms with Crippen molar-refractivity contribution in [3.05, 3.63) is 71.8 Å². The molecule has 0 radical (unpaired) electrons. The van der Waals surface area contributed by atoms with Gasteiger partial charge in [-0.2, -0.15) is 0 Å². The van der Waals surface area contributed by atoms with Gasteiger partial charge in [-0.1, -0.05) is 81.4 Å². The van der Waals surface area contributed by atoms with Crippen LogP contribution in [0.25, 0.3) is 0 Å². The van der Waals surface area contributed by atoms with Crippen LogP contribution in [0, 0.1) is 5.41 Å². The third-order valence-corrected chi connectivity index (χ3v) is 6.66. The van der Waals surface area contributed by atoms with Crippen LogP contribution in [0.2, 0.25) is 0 Å². The van der Waals surface area contributed by atoms with E-state index in [4.69, 9.17) is 17.0 Å². The first-order valence-corrected chi connectivity index (χ1v) is 11.4. The molecule has 0 aliphatic carbocycles. The lowest BCUT2D eigenvalue weighted by atomic mass is 9.84. The molecule has 1 atom stereocenters. The van der Waals surface area contributed by atoms with Crippen LogP contribution in [0.15, 0.2) is 60.7 Å². The molecule has 164 valence electrons. The van der Waals surface area contributed by atoms with Crippen molar-refractivity contribution in [3.8, 4) is 0 Å². The summed E-state index contributed by atoms with van der Waals surface area (Å²) in [7, 11) is 0. The second kappa shape index (κ2) is 10.2. The van der Waals surface area contributed by atoms with Gasteiger partial charge in [0, 0.05) is 17.9 Å². The third kappa shape index (κ3) is 5.40. The number of amides is 1. The molecule has 31 heavy (non-hydrogen) atoms. The Balaban J connectivity index is 1.72. The number of ketones is 1. The van der Waals surface area contributed by atoms with Crippen molar-refractivity contribution in [1.29, 1.82) is 0 Å². The van der Waals surface area contributed by atoms with E-state index in [0.29, 0.717) is 24.6 Å². The number of rotatable bonds is 8. The van der Waals surface area contributed by atoms with Crippen LogP contribution in [-0.4, -0.2) is 40.8 Å². The molecule has 0 aromatic heterocycles. The molecule has 1 fully saturated rings. The fraction of sp³-hybridized carbons (Fsp3) is 0.423. The predicted octanol–water partition coefficient (Wildman–Crippen LogP) is 5.16. The van der Waals surface area contributed by atoms with Crippen LogP contribution in [-0.2, 0) is 14.3 Å². The lowest BCUT2D eigenvalue weighted by Crippen LogP contribution is -2.47. The fourth-order valence-corrected chi connectivity index (χ4v) is 4.17. The van der Waals surface area contributed by atoms with Crippen molar-refractivity contribution < 1.29 is 14.3 Å². The Morgan fingerprint density at radius 2 is 1.61 bits per heavy atom. The number of carbonyl (C=O) groups is 2. The highest BCUT2D eigenvalue weighted by atomic mass is 32.1. The summed E-state index contributed by atoms with van der Waals surface area (Å²) in [5.74, 6) is -0.759. The Bertz CT molecular complexity index is 871. The third-order valence-electron chi connectivity index (χ3n) is 6.27. The van der Waals surface area contributed by atoms with Gasteiger partial charge < -0.3 is 9.64 Å². The van der Waals surface area contributed by atoms with E-state index in [1.165, 1.54) is 0 Å². The topological polar surface area (TPSA) is 46.6 Å². The van der Waals surface area contributed by atoms with Crippen molar-refractivity contribution in [2.75, 3.05) is 13.2 Å². The smallest absolute Gasteiger partial charge is 0.291 e.